The van der Waals surface area contributed by atoms with E-state index in [9.17, 15) is 0 Å². The Morgan fingerprint density at radius 1 is 0.243 bits per heavy atom. The molecule has 2 heteroatoms. The number of hydrogen-bond acceptors (Lipinski definition) is 1. The second kappa shape index (κ2) is 17.4. The lowest BCUT2D eigenvalue weighted by Crippen LogP contribution is -2.10. The van der Waals surface area contributed by atoms with Gasteiger partial charge in [0.15, 0.2) is 0 Å². The topological polar surface area (TPSA) is 8.17 Å². The molecule has 0 unspecified atom stereocenters. The zero-order valence-electron chi connectivity index (χ0n) is 38.5. The van der Waals surface area contributed by atoms with Gasteiger partial charge in [-0.3, -0.25) is 0 Å². The lowest BCUT2D eigenvalue weighted by Gasteiger charge is -2.28. The van der Waals surface area contributed by atoms with E-state index >= 15 is 0 Å². The summed E-state index contributed by atoms with van der Waals surface area (Å²) in [6.45, 7) is 0. The first-order chi connectivity index (χ1) is 34.7. The zero-order chi connectivity index (χ0) is 46.4. The largest absolute Gasteiger partial charge is 0.310 e. The average Bonchev–Trinajstić information content (AvgIpc) is 3.77. The van der Waals surface area contributed by atoms with Crippen LogP contribution in [0.25, 0.3) is 105 Å². The van der Waals surface area contributed by atoms with Gasteiger partial charge in [-0.1, -0.05) is 224 Å². The van der Waals surface area contributed by atoms with Crippen molar-refractivity contribution in [3.8, 4) is 61.3 Å². The first-order valence-corrected chi connectivity index (χ1v) is 24.1. The molecule has 0 saturated heterocycles. The summed E-state index contributed by atoms with van der Waals surface area (Å²) in [6, 6.07) is 102. The molecule has 0 amide bonds. The molecule has 2 nitrogen and oxygen atoms in total. The molecule has 0 radical (unpaired) electrons. The van der Waals surface area contributed by atoms with Crippen LogP contribution in [0.15, 0.2) is 279 Å². The number of nitrogens with zero attached hydrogens (tertiary/aromatic N) is 2. The Bertz CT molecular complexity index is 3900. The summed E-state index contributed by atoms with van der Waals surface area (Å²) in [4.78, 5) is 2.44. The van der Waals surface area contributed by atoms with Crippen LogP contribution < -0.4 is 4.90 Å². The second-order valence-corrected chi connectivity index (χ2v) is 18.0. The molecule has 13 aromatic rings. The molecular weight excluding hydrogens is 845 g/mol. The molecule has 0 bridgehead atoms. The molecule has 0 aliphatic heterocycles. The summed E-state index contributed by atoms with van der Waals surface area (Å²) < 4.78 is 2.47. The van der Waals surface area contributed by atoms with Crippen LogP contribution in [0.5, 0.6) is 0 Å². The van der Waals surface area contributed by atoms with Crippen LogP contribution in [-0.2, 0) is 0 Å². The number of anilines is 3. The zero-order valence-corrected chi connectivity index (χ0v) is 38.5. The Kier molecular flexibility index (Phi) is 10.2. The molecule has 0 saturated carbocycles. The SMILES string of the molecule is c1ccc(-c2ccccc2-c2cccc(-n3c4ccccc4c4ccccc43)c2-c2cccc(N(c3cccc(-c4cccc5ccccc45)c3)c3cccc(-c4cccc5ccccc45)c3)c2)cc1. The highest BCUT2D eigenvalue weighted by Gasteiger charge is 2.23. The van der Waals surface area contributed by atoms with Crippen LogP contribution in [0.1, 0.15) is 0 Å². The number of fused-ring (bicyclic) bond motifs is 5. The van der Waals surface area contributed by atoms with E-state index in [1.165, 1.54) is 76.7 Å². The monoisotopic (exact) mass is 890 g/mol. The number of rotatable bonds is 9. The van der Waals surface area contributed by atoms with Crippen molar-refractivity contribution in [2.45, 2.75) is 0 Å². The van der Waals surface area contributed by atoms with Crippen LogP contribution in [-0.4, -0.2) is 4.57 Å². The molecule has 328 valence electrons. The maximum Gasteiger partial charge on any atom is 0.0546 e. The minimum atomic E-state index is 1.06. The van der Waals surface area contributed by atoms with Gasteiger partial charge in [0, 0.05) is 33.4 Å². The third kappa shape index (κ3) is 7.13. The van der Waals surface area contributed by atoms with E-state index in [2.05, 4.69) is 289 Å². The molecule has 0 N–H and O–H groups in total. The quantitative estimate of drug-likeness (QED) is 0.140. The minimum absolute atomic E-state index is 1.06. The molecule has 0 aliphatic rings. The molecule has 0 atom stereocenters. The second-order valence-electron chi connectivity index (χ2n) is 18.0. The summed E-state index contributed by atoms with van der Waals surface area (Å²) >= 11 is 0. The Morgan fingerprint density at radius 3 is 1.21 bits per heavy atom. The van der Waals surface area contributed by atoms with Crippen LogP contribution in [0.2, 0.25) is 0 Å². The smallest absolute Gasteiger partial charge is 0.0546 e. The van der Waals surface area contributed by atoms with Crippen LogP contribution in [0.4, 0.5) is 17.1 Å². The summed E-state index contributed by atoms with van der Waals surface area (Å²) in [5.74, 6) is 0. The third-order valence-electron chi connectivity index (χ3n) is 14.0. The van der Waals surface area contributed by atoms with Gasteiger partial charge in [-0.25, -0.2) is 0 Å². The third-order valence-corrected chi connectivity index (χ3v) is 14.0. The van der Waals surface area contributed by atoms with E-state index in [0.29, 0.717) is 0 Å². The Morgan fingerprint density at radius 2 is 0.629 bits per heavy atom. The molecule has 0 spiro atoms. The minimum Gasteiger partial charge on any atom is -0.310 e. The number of aromatic nitrogens is 1. The summed E-state index contributed by atoms with van der Waals surface area (Å²) in [7, 11) is 0. The van der Waals surface area contributed by atoms with Crippen LogP contribution in [0, 0.1) is 0 Å². The fourth-order valence-electron chi connectivity index (χ4n) is 10.9. The first kappa shape index (κ1) is 41.0. The van der Waals surface area contributed by atoms with Gasteiger partial charge in [-0.2, -0.15) is 0 Å². The lowest BCUT2D eigenvalue weighted by molar-refractivity contribution is 1.18. The standard InChI is InChI=1S/C68H46N2/c1-2-20-47(21-3-1)58-34-8-9-35-61(58)64-40-19-43-67(70-65-41-12-10-36-62(65)63-37-11-13-42-66(63)70)68(64)52-28-16-31-55(46-52)69(53-29-14-26-50(44-53)59-38-17-24-48-22-4-6-32-56(48)59)54-30-15-27-51(45-54)60-39-18-25-49-23-5-7-33-57(49)60/h1-46H. The van der Waals surface area contributed by atoms with Gasteiger partial charge < -0.3 is 9.47 Å². The van der Waals surface area contributed by atoms with Crippen molar-refractivity contribution in [2.75, 3.05) is 4.90 Å². The van der Waals surface area contributed by atoms with Crippen LogP contribution >= 0.6 is 0 Å². The van der Waals surface area contributed by atoms with Crippen molar-refractivity contribution in [1.82, 2.24) is 4.57 Å². The number of para-hydroxylation sites is 2. The highest BCUT2D eigenvalue weighted by molar-refractivity contribution is 6.10. The highest BCUT2D eigenvalue weighted by atomic mass is 15.1. The lowest BCUT2D eigenvalue weighted by atomic mass is 9.88. The number of benzene rings is 12. The maximum atomic E-state index is 2.47. The van der Waals surface area contributed by atoms with E-state index in [0.717, 1.165) is 45.0 Å². The van der Waals surface area contributed by atoms with Crippen molar-refractivity contribution < 1.29 is 0 Å². The van der Waals surface area contributed by atoms with Gasteiger partial charge in [0.2, 0.25) is 0 Å². The predicted octanol–water partition coefficient (Wildman–Crippen LogP) is 18.9. The Balaban J connectivity index is 1.06. The fraction of sp³-hybridized carbons (Fsp3) is 0. The average molecular weight is 891 g/mol. The van der Waals surface area contributed by atoms with Gasteiger partial charge in [-0.05, 0) is 126 Å². The fourth-order valence-corrected chi connectivity index (χ4v) is 10.9. The number of hydrogen-bond donors (Lipinski definition) is 0. The van der Waals surface area contributed by atoms with Crippen molar-refractivity contribution in [1.29, 1.82) is 0 Å². The molecule has 12 aromatic carbocycles. The molecule has 0 fully saturated rings. The molecule has 70 heavy (non-hydrogen) atoms. The molecule has 0 aliphatic carbocycles. The maximum absolute atomic E-state index is 2.47. The highest BCUT2D eigenvalue weighted by Crippen LogP contribution is 2.46. The Labute approximate surface area is 408 Å². The Hall–Kier alpha value is -9.24. The van der Waals surface area contributed by atoms with Crippen LogP contribution in [0.3, 0.4) is 0 Å². The normalized spacial score (nSPS) is 11.4. The van der Waals surface area contributed by atoms with Gasteiger partial charge >= 0.3 is 0 Å². The van der Waals surface area contributed by atoms with Crippen molar-refractivity contribution in [2.24, 2.45) is 0 Å². The predicted molar refractivity (Wildman–Crippen MR) is 298 cm³/mol. The molecule has 13 rings (SSSR count). The summed E-state index contributed by atoms with van der Waals surface area (Å²) in [5, 5.41) is 7.39. The molecule has 1 aromatic heterocycles. The first-order valence-electron chi connectivity index (χ1n) is 24.1. The van der Waals surface area contributed by atoms with E-state index in [4.69, 9.17) is 0 Å². The summed E-state index contributed by atoms with van der Waals surface area (Å²) in [6.07, 6.45) is 0. The molecule has 1 heterocycles. The van der Waals surface area contributed by atoms with Crippen molar-refractivity contribution in [3.05, 3.63) is 279 Å². The van der Waals surface area contributed by atoms with Gasteiger partial charge in [0.25, 0.3) is 0 Å². The van der Waals surface area contributed by atoms with E-state index in [1.807, 2.05) is 0 Å². The van der Waals surface area contributed by atoms with Crippen molar-refractivity contribution >= 4 is 60.4 Å². The van der Waals surface area contributed by atoms with Gasteiger partial charge in [0.05, 0.1) is 16.7 Å². The summed E-state index contributed by atoms with van der Waals surface area (Å²) in [5.41, 5.74) is 18.4. The van der Waals surface area contributed by atoms with Gasteiger partial charge in [0.1, 0.15) is 0 Å². The van der Waals surface area contributed by atoms with E-state index in [-0.39, 0.29) is 0 Å². The van der Waals surface area contributed by atoms with E-state index in [1.54, 1.807) is 0 Å². The van der Waals surface area contributed by atoms with Crippen molar-refractivity contribution in [3.63, 3.8) is 0 Å². The molecular formula is C68H46N2. The van der Waals surface area contributed by atoms with E-state index < -0.39 is 0 Å². The van der Waals surface area contributed by atoms with Gasteiger partial charge in [-0.15, -0.1) is 0 Å².